The van der Waals surface area contributed by atoms with E-state index in [1.54, 1.807) is 19.4 Å². The lowest BCUT2D eigenvalue weighted by Crippen LogP contribution is -2.22. The van der Waals surface area contributed by atoms with E-state index in [1.807, 2.05) is 61.5 Å². The predicted molar refractivity (Wildman–Crippen MR) is 114 cm³/mol. The van der Waals surface area contributed by atoms with Crippen LogP contribution in [0.4, 0.5) is 5.69 Å². The number of methoxy groups -OCH3 is 1. The molecule has 0 amide bonds. The molecule has 0 unspecified atom stereocenters. The fourth-order valence-corrected chi connectivity index (χ4v) is 2.52. The molecule has 3 rings (SSSR count). The van der Waals surface area contributed by atoms with E-state index in [-0.39, 0.29) is 0 Å². The second-order valence-corrected chi connectivity index (χ2v) is 6.04. The zero-order valence-electron chi connectivity index (χ0n) is 16.5. The summed E-state index contributed by atoms with van der Waals surface area (Å²) in [5.74, 6) is 2.89. The maximum absolute atomic E-state index is 5.95. The van der Waals surface area contributed by atoms with Gasteiger partial charge in [-0.1, -0.05) is 18.2 Å². The summed E-state index contributed by atoms with van der Waals surface area (Å²) in [5, 5.41) is 3.04. The zero-order valence-corrected chi connectivity index (χ0v) is 16.5. The van der Waals surface area contributed by atoms with Crippen molar-refractivity contribution in [2.75, 3.05) is 19.0 Å². The van der Waals surface area contributed by atoms with Gasteiger partial charge in [0.2, 0.25) is 5.88 Å². The number of hydrogen-bond donors (Lipinski definition) is 2. The Labute approximate surface area is 170 Å². The number of nitrogens with one attached hydrogen (secondary N) is 1. The van der Waals surface area contributed by atoms with Gasteiger partial charge in [-0.05, 0) is 48.9 Å². The number of nitrogens with two attached hydrogens (primary N) is 1. The van der Waals surface area contributed by atoms with Crippen molar-refractivity contribution in [1.29, 1.82) is 0 Å². The Hall–Kier alpha value is -3.74. The Morgan fingerprint density at radius 2 is 1.79 bits per heavy atom. The van der Waals surface area contributed by atoms with Crippen LogP contribution in [-0.4, -0.2) is 24.7 Å². The van der Waals surface area contributed by atoms with Gasteiger partial charge in [0.15, 0.2) is 17.5 Å². The predicted octanol–water partition coefficient (Wildman–Crippen LogP) is 4.21. The molecule has 1 aromatic heterocycles. The van der Waals surface area contributed by atoms with Crippen molar-refractivity contribution in [1.82, 2.24) is 4.98 Å². The lowest BCUT2D eigenvalue weighted by molar-refractivity contribution is 0.319. The smallest absolute Gasteiger partial charge is 0.219 e. The molecular weight excluding hydrogens is 368 g/mol. The van der Waals surface area contributed by atoms with Crippen molar-refractivity contribution in [2.45, 2.75) is 13.5 Å². The first kappa shape index (κ1) is 20.0. The highest BCUT2D eigenvalue weighted by Crippen LogP contribution is 2.30. The Balaban J connectivity index is 1.58. The van der Waals surface area contributed by atoms with Crippen LogP contribution in [0.2, 0.25) is 0 Å². The molecule has 0 saturated carbocycles. The molecule has 0 saturated heterocycles. The summed E-state index contributed by atoms with van der Waals surface area (Å²) in [5.41, 5.74) is 7.70. The maximum Gasteiger partial charge on any atom is 0.219 e. The monoisotopic (exact) mass is 392 g/mol. The van der Waals surface area contributed by atoms with Crippen LogP contribution in [0.5, 0.6) is 23.1 Å². The number of guanidine groups is 1. The number of aliphatic imine (C=N–C) groups is 1. The lowest BCUT2D eigenvalue weighted by atomic mass is 10.3. The summed E-state index contributed by atoms with van der Waals surface area (Å²) in [6, 6.07) is 18.6. The SMILES string of the molecule is CCOc1ccccc1Oc1ccc(CN=C(N)Nc2ccc(OC)cc2)cn1. The molecule has 29 heavy (non-hydrogen) atoms. The average Bonchev–Trinajstić information content (AvgIpc) is 2.75. The Kier molecular flexibility index (Phi) is 6.89. The third kappa shape index (κ3) is 5.87. The van der Waals surface area contributed by atoms with Crippen LogP contribution < -0.4 is 25.3 Å². The number of aromatic nitrogens is 1. The molecule has 0 spiro atoms. The number of pyridine rings is 1. The molecule has 0 fully saturated rings. The van der Waals surface area contributed by atoms with Gasteiger partial charge in [-0.3, -0.25) is 0 Å². The Morgan fingerprint density at radius 1 is 1.03 bits per heavy atom. The fourth-order valence-electron chi connectivity index (χ4n) is 2.52. The average molecular weight is 392 g/mol. The minimum atomic E-state index is 0.320. The van der Waals surface area contributed by atoms with Crippen LogP contribution in [0.3, 0.4) is 0 Å². The molecule has 2 aromatic carbocycles. The minimum Gasteiger partial charge on any atom is -0.497 e. The second kappa shape index (κ2) is 9.98. The normalized spacial score (nSPS) is 11.0. The van der Waals surface area contributed by atoms with Gasteiger partial charge in [0.1, 0.15) is 5.75 Å². The van der Waals surface area contributed by atoms with Crippen molar-refractivity contribution in [2.24, 2.45) is 10.7 Å². The molecule has 3 aromatic rings. The minimum absolute atomic E-state index is 0.320. The molecule has 0 radical (unpaired) electrons. The number of nitrogens with zero attached hydrogens (tertiary/aromatic N) is 2. The largest absolute Gasteiger partial charge is 0.497 e. The highest BCUT2D eigenvalue weighted by atomic mass is 16.5. The zero-order chi connectivity index (χ0) is 20.5. The number of benzene rings is 2. The topological polar surface area (TPSA) is 91.0 Å². The molecular formula is C22H24N4O3. The first-order valence-corrected chi connectivity index (χ1v) is 9.23. The second-order valence-electron chi connectivity index (χ2n) is 6.04. The summed E-state index contributed by atoms with van der Waals surface area (Å²) in [6.45, 7) is 2.90. The van der Waals surface area contributed by atoms with Gasteiger partial charge < -0.3 is 25.3 Å². The Morgan fingerprint density at radius 3 is 2.45 bits per heavy atom. The van der Waals surface area contributed by atoms with Crippen molar-refractivity contribution in [3.63, 3.8) is 0 Å². The first-order chi connectivity index (χ1) is 14.2. The van der Waals surface area contributed by atoms with Crippen LogP contribution in [0.25, 0.3) is 0 Å². The van der Waals surface area contributed by atoms with Crippen LogP contribution in [0.1, 0.15) is 12.5 Å². The maximum atomic E-state index is 5.95. The van der Waals surface area contributed by atoms with Crippen LogP contribution >= 0.6 is 0 Å². The summed E-state index contributed by atoms with van der Waals surface area (Å²) in [4.78, 5) is 8.67. The summed E-state index contributed by atoms with van der Waals surface area (Å²) < 4.78 is 16.5. The van der Waals surface area contributed by atoms with Gasteiger partial charge in [0.25, 0.3) is 0 Å². The standard InChI is InChI=1S/C22H24N4O3/c1-3-28-19-6-4-5-7-20(19)29-21-13-8-16(14-24-21)15-25-22(23)26-17-9-11-18(27-2)12-10-17/h4-14H,3,15H2,1-2H3,(H3,23,25,26). The van der Waals surface area contributed by atoms with Gasteiger partial charge in [0, 0.05) is 18.0 Å². The van der Waals surface area contributed by atoms with E-state index in [4.69, 9.17) is 19.9 Å². The molecule has 0 aliphatic heterocycles. The molecule has 0 aliphatic carbocycles. The van der Waals surface area contributed by atoms with Crippen LogP contribution in [0, 0.1) is 0 Å². The van der Waals surface area contributed by atoms with Crippen molar-refractivity contribution < 1.29 is 14.2 Å². The summed E-state index contributed by atoms with van der Waals surface area (Å²) >= 11 is 0. The Bertz CT molecular complexity index is 941. The highest BCUT2D eigenvalue weighted by molar-refractivity contribution is 5.92. The fraction of sp³-hybridized carbons (Fsp3) is 0.182. The molecule has 150 valence electrons. The number of ether oxygens (including phenoxy) is 3. The van der Waals surface area contributed by atoms with Crippen LogP contribution in [-0.2, 0) is 6.54 Å². The van der Waals surface area contributed by atoms with E-state index >= 15 is 0 Å². The quantitative estimate of drug-likeness (QED) is 0.441. The third-order valence-corrected chi connectivity index (χ3v) is 3.96. The number of rotatable bonds is 8. The van der Waals surface area contributed by atoms with E-state index in [2.05, 4.69) is 15.3 Å². The summed E-state index contributed by atoms with van der Waals surface area (Å²) in [7, 11) is 1.63. The van der Waals surface area contributed by atoms with E-state index in [9.17, 15) is 0 Å². The van der Waals surface area contributed by atoms with Gasteiger partial charge >= 0.3 is 0 Å². The van der Waals surface area contributed by atoms with Crippen LogP contribution in [0.15, 0.2) is 71.9 Å². The van der Waals surface area contributed by atoms with Crippen molar-refractivity contribution in [3.05, 3.63) is 72.4 Å². The van der Waals surface area contributed by atoms with E-state index in [0.29, 0.717) is 36.5 Å². The molecule has 7 nitrogen and oxygen atoms in total. The molecule has 1 heterocycles. The first-order valence-electron chi connectivity index (χ1n) is 9.23. The molecule has 0 atom stereocenters. The number of hydrogen-bond acceptors (Lipinski definition) is 5. The highest BCUT2D eigenvalue weighted by Gasteiger charge is 2.06. The van der Waals surface area contributed by atoms with Crippen molar-refractivity contribution in [3.8, 4) is 23.1 Å². The summed E-state index contributed by atoms with van der Waals surface area (Å²) in [6.07, 6.45) is 1.71. The lowest BCUT2D eigenvalue weighted by Gasteiger charge is -2.10. The van der Waals surface area contributed by atoms with E-state index < -0.39 is 0 Å². The number of anilines is 1. The van der Waals surface area contributed by atoms with Gasteiger partial charge in [-0.25, -0.2) is 9.98 Å². The number of para-hydroxylation sites is 2. The van der Waals surface area contributed by atoms with E-state index in [1.165, 1.54) is 0 Å². The van der Waals surface area contributed by atoms with Crippen molar-refractivity contribution >= 4 is 11.6 Å². The van der Waals surface area contributed by atoms with Gasteiger partial charge in [0.05, 0.1) is 20.3 Å². The molecule has 0 bridgehead atoms. The third-order valence-electron chi connectivity index (χ3n) is 3.96. The van der Waals surface area contributed by atoms with Gasteiger partial charge in [-0.15, -0.1) is 0 Å². The van der Waals surface area contributed by atoms with Gasteiger partial charge in [-0.2, -0.15) is 0 Å². The van der Waals surface area contributed by atoms with E-state index in [0.717, 1.165) is 17.0 Å². The molecule has 7 heteroatoms. The molecule has 3 N–H and O–H groups in total. The molecule has 0 aliphatic rings.